The summed E-state index contributed by atoms with van der Waals surface area (Å²) in [5, 5.41) is 0. The predicted molar refractivity (Wildman–Crippen MR) is 91.8 cm³/mol. The van der Waals surface area contributed by atoms with Gasteiger partial charge in [0.25, 0.3) is 5.91 Å². The Morgan fingerprint density at radius 3 is 3.08 bits per heavy atom. The van der Waals surface area contributed by atoms with Crippen molar-refractivity contribution in [2.24, 2.45) is 11.3 Å². The van der Waals surface area contributed by atoms with E-state index in [2.05, 4.69) is 14.8 Å². The molecule has 1 amide bonds. The molecule has 2 atom stereocenters. The zero-order valence-electron chi connectivity index (χ0n) is 14.3. The summed E-state index contributed by atoms with van der Waals surface area (Å²) in [6, 6.07) is 3.71. The van der Waals surface area contributed by atoms with Crippen LogP contribution in [-0.2, 0) is 4.74 Å². The Balaban J connectivity index is 1.38. The molecule has 0 aromatic carbocycles. The summed E-state index contributed by atoms with van der Waals surface area (Å²) >= 11 is 0. The molecule has 2 unspecified atom stereocenters. The van der Waals surface area contributed by atoms with Crippen molar-refractivity contribution in [3.05, 3.63) is 30.1 Å². The maximum atomic E-state index is 12.8. The van der Waals surface area contributed by atoms with Crippen LogP contribution in [0, 0.1) is 11.3 Å². The molecule has 0 aliphatic carbocycles. The first-order valence-electron chi connectivity index (χ1n) is 9.24. The lowest BCUT2D eigenvalue weighted by Gasteiger charge is -2.40. The standard InChI is InChI=1S/C19H27N3O2/c23-18(17-3-1-7-20-11-17)22-8-2-5-19(15-22)6-9-21(14-19)12-16-4-10-24-13-16/h1,3,7,11,16H,2,4-6,8-10,12-15H2. The van der Waals surface area contributed by atoms with Gasteiger partial charge in [-0.1, -0.05) is 0 Å². The van der Waals surface area contributed by atoms with Crippen LogP contribution in [-0.4, -0.2) is 66.6 Å². The number of carbonyl (C=O) groups excluding carboxylic acids is 1. The minimum atomic E-state index is 0.143. The average molecular weight is 329 g/mol. The van der Waals surface area contributed by atoms with Crippen LogP contribution in [0.15, 0.2) is 24.5 Å². The van der Waals surface area contributed by atoms with Gasteiger partial charge in [0.2, 0.25) is 0 Å². The van der Waals surface area contributed by atoms with Gasteiger partial charge in [-0.3, -0.25) is 9.78 Å². The Hall–Kier alpha value is -1.46. The van der Waals surface area contributed by atoms with E-state index < -0.39 is 0 Å². The molecule has 3 aliphatic heterocycles. The fourth-order valence-electron chi connectivity index (χ4n) is 4.66. The molecule has 3 aliphatic rings. The van der Waals surface area contributed by atoms with Crippen LogP contribution < -0.4 is 0 Å². The van der Waals surface area contributed by atoms with Crippen molar-refractivity contribution in [1.82, 2.24) is 14.8 Å². The van der Waals surface area contributed by atoms with E-state index in [9.17, 15) is 4.79 Å². The number of hydrogen-bond donors (Lipinski definition) is 0. The minimum Gasteiger partial charge on any atom is -0.381 e. The highest BCUT2D eigenvalue weighted by Crippen LogP contribution is 2.39. The smallest absolute Gasteiger partial charge is 0.255 e. The number of pyridine rings is 1. The van der Waals surface area contributed by atoms with Gasteiger partial charge in [0.15, 0.2) is 0 Å². The lowest BCUT2D eigenvalue weighted by molar-refractivity contribution is 0.0523. The van der Waals surface area contributed by atoms with Crippen molar-refractivity contribution in [3.8, 4) is 0 Å². The number of aromatic nitrogens is 1. The monoisotopic (exact) mass is 329 g/mol. The van der Waals surface area contributed by atoms with Crippen molar-refractivity contribution in [3.63, 3.8) is 0 Å². The highest BCUT2D eigenvalue weighted by atomic mass is 16.5. The molecule has 0 saturated carbocycles. The van der Waals surface area contributed by atoms with E-state index in [1.54, 1.807) is 12.4 Å². The van der Waals surface area contributed by atoms with Crippen LogP contribution in [0.5, 0.6) is 0 Å². The molecule has 3 saturated heterocycles. The third-order valence-corrected chi connectivity index (χ3v) is 5.91. The molecule has 0 radical (unpaired) electrons. The average Bonchev–Trinajstić information content (AvgIpc) is 3.26. The van der Waals surface area contributed by atoms with Crippen LogP contribution in [0.4, 0.5) is 0 Å². The first-order chi connectivity index (χ1) is 11.7. The summed E-state index contributed by atoms with van der Waals surface area (Å²) in [7, 11) is 0. The van der Waals surface area contributed by atoms with Crippen molar-refractivity contribution in [2.75, 3.05) is 45.9 Å². The van der Waals surface area contributed by atoms with Gasteiger partial charge < -0.3 is 14.5 Å². The summed E-state index contributed by atoms with van der Waals surface area (Å²) in [6.45, 7) is 7.11. The van der Waals surface area contributed by atoms with E-state index in [-0.39, 0.29) is 5.91 Å². The van der Waals surface area contributed by atoms with E-state index in [1.807, 2.05) is 12.1 Å². The lowest BCUT2D eigenvalue weighted by atomic mass is 9.79. The highest BCUT2D eigenvalue weighted by molar-refractivity contribution is 5.94. The number of amides is 1. The van der Waals surface area contributed by atoms with E-state index in [1.165, 1.54) is 25.8 Å². The van der Waals surface area contributed by atoms with Crippen molar-refractivity contribution in [1.29, 1.82) is 0 Å². The highest BCUT2D eigenvalue weighted by Gasteiger charge is 2.42. The summed E-state index contributed by atoms with van der Waals surface area (Å²) in [5.41, 5.74) is 1.02. The Morgan fingerprint density at radius 1 is 1.33 bits per heavy atom. The molecule has 5 nitrogen and oxygen atoms in total. The molecular weight excluding hydrogens is 302 g/mol. The Morgan fingerprint density at radius 2 is 2.29 bits per heavy atom. The number of piperidine rings is 1. The second-order valence-electron chi connectivity index (χ2n) is 7.79. The summed E-state index contributed by atoms with van der Waals surface area (Å²) in [4.78, 5) is 21.5. The molecule has 1 spiro atoms. The van der Waals surface area contributed by atoms with Crippen LogP contribution in [0.3, 0.4) is 0 Å². The number of hydrogen-bond acceptors (Lipinski definition) is 4. The maximum absolute atomic E-state index is 12.8. The SMILES string of the molecule is O=C(c1cccnc1)N1CCCC2(CCN(CC3CCOC3)C2)C1. The summed E-state index contributed by atoms with van der Waals surface area (Å²) < 4.78 is 5.52. The molecule has 1 aromatic rings. The van der Waals surface area contributed by atoms with Gasteiger partial charge in [-0.2, -0.15) is 0 Å². The van der Waals surface area contributed by atoms with E-state index in [0.29, 0.717) is 16.9 Å². The number of likely N-dealkylation sites (tertiary alicyclic amines) is 2. The van der Waals surface area contributed by atoms with E-state index in [4.69, 9.17) is 4.74 Å². The molecular formula is C19H27N3O2. The number of rotatable bonds is 3. The van der Waals surface area contributed by atoms with Gasteiger partial charge in [-0.05, 0) is 50.3 Å². The number of nitrogens with zero attached hydrogens (tertiary/aromatic N) is 3. The van der Waals surface area contributed by atoms with E-state index >= 15 is 0 Å². The molecule has 4 rings (SSSR count). The van der Waals surface area contributed by atoms with Gasteiger partial charge in [0.05, 0.1) is 12.2 Å². The fourth-order valence-corrected chi connectivity index (χ4v) is 4.66. The zero-order chi connectivity index (χ0) is 16.4. The number of ether oxygens (including phenoxy) is 1. The van der Waals surface area contributed by atoms with Crippen molar-refractivity contribution < 1.29 is 9.53 Å². The Kier molecular flexibility index (Phi) is 4.55. The van der Waals surface area contributed by atoms with Gasteiger partial charge in [0, 0.05) is 50.6 Å². The third-order valence-electron chi connectivity index (χ3n) is 5.91. The minimum absolute atomic E-state index is 0.143. The Bertz CT molecular complexity index is 573. The molecule has 1 aromatic heterocycles. The normalized spacial score (nSPS) is 31.0. The fraction of sp³-hybridized carbons (Fsp3) is 0.684. The largest absolute Gasteiger partial charge is 0.381 e. The molecule has 5 heteroatoms. The molecule has 130 valence electrons. The van der Waals surface area contributed by atoms with E-state index in [0.717, 1.165) is 45.8 Å². The summed E-state index contributed by atoms with van der Waals surface area (Å²) in [6.07, 6.45) is 8.20. The summed E-state index contributed by atoms with van der Waals surface area (Å²) in [5.74, 6) is 0.849. The van der Waals surface area contributed by atoms with Crippen LogP contribution in [0.1, 0.15) is 36.0 Å². The first-order valence-corrected chi connectivity index (χ1v) is 9.24. The van der Waals surface area contributed by atoms with Gasteiger partial charge in [-0.15, -0.1) is 0 Å². The van der Waals surface area contributed by atoms with Crippen LogP contribution in [0.25, 0.3) is 0 Å². The number of carbonyl (C=O) groups is 1. The van der Waals surface area contributed by atoms with Crippen molar-refractivity contribution in [2.45, 2.75) is 25.7 Å². The quantitative estimate of drug-likeness (QED) is 0.851. The second kappa shape index (κ2) is 6.81. The lowest BCUT2D eigenvalue weighted by Crippen LogP contribution is -2.47. The Labute approximate surface area is 144 Å². The maximum Gasteiger partial charge on any atom is 0.255 e. The molecule has 0 bridgehead atoms. The molecule has 4 heterocycles. The van der Waals surface area contributed by atoms with Crippen LogP contribution in [0.2, 0.25) is 0 Å². The first kappa shape index (κ1) is 16.0. The topological polar surface area (TPSA) is 45.7 Å². The molecule has 24 heavy (non-hydrogen) atoms. The predicted octanol–water partition coefficient (Wildman–Crippen LogP) is 2.05. The van der Waals surface area contributed by atoms with Crippen molar-refractivity contribution >= 4 is 5.91 Å². The van der Waals surface area contributed by atoms with Gasteiger partial charge in [-0.25, -0.2) is 0 Å². The van der Waals surface area contributed by atoms with Gasteiger partial charge >= 0.3 is 0 Å². The van der Waals surface area contributed by atoms with Crippen LogP contribution >= 0.6 is 0 Å². The second-order valence-corrected chi connectivity index (χ2v) is 7.79. The zero-order valence-corrected chi connectivity index (χ0v) is 14.3. The molecule has 3 fully saturated rings. The third kappa shape index (κ3) is 3.33. The van der Waals surface area contributed by atoms with Gasteiger partial charge in [0.1, 0.15) is 0 Å². The molecule has 0 N–H and O–H groups in total.